The van der Waals surface area contributed by atoms with Crippen LogP contribution in [0.5, 0.6) is 0 Å². The van der Waals surface area contributed by atoms with Crippen LogP contribution in [-0.2, 0) is 0 Å². The van der Waals surface area contributed by atoms with Gasteiger partial charge in [-0.2, -0.15) is 5.11 Å². The summed E-state index contributed by atoms with van der Waals surface area (Å²) >= 11 is 6.15. The summed E-state index contributed by atoms with van der Waals surface area (Å²) in [6.07, 6.45) is 0. The molecule has 3 aromatic rings. The first-order chi connectivity index (χ1) is 11.1. The monoisotopic (exact) mass is 326 g/mol. The molecular weight excluding hydrogens is 312 g/mol. The molecule has 0 saturated carbocycles. The van der Waals surface area contributed by atoms with Gasteiger partial charge in [-0.3, -0.25) is 9.89 Å². The normalized spacial score (nSPS) is 11.3. The number of aryl methyl sites for hydroxylation is 2. The Kier molecular flexibility index (Phi) is 4.12. The molecule has 0 spiro atoms. The fourth-order valence-electron chi connectivity index (χ4n) is 2.24. The summed E-state index contributed by atoms with van der Waals surface area (Å²) < 4.78 is 1.38. The van der Waals surface area contributed by atoms with Gasteiger partial charge in [0.25, 0.3) is 5.56 Å². The highest BCUT2D eigenvalue weighted by Gasteiger charge is 2.13. The molecule has 0 amide bonds. The number of para-hydroxylation sites is 1. The van der Waals surface area contributed by atoms with Crippen LogP contribution in [0.2, 0.25) is 5.02 Å². The maximum atomic E-state index is 12.6. The number of rotatable bonds is 3. The SMILES string of the molecule is Cc1ccccc1N=Nc1c(C)[nH]n(-c2ccccc2Cl)c1=O. The topological polar surface area (TPSA) is 62.5 Å². The summed E-state index contributed by atoms with van der Waals surface area (Å²) in [5.74, 6) is 0. The van der Waals surface area contributed by atoms with Gasteiger partial charge in [0.05, 0.1) is 22.1 Å². The fourth-order valence-corrected chi connectivity index (χ4v) is 2.46. The molecule has 0 aliphatic heterocycles. The van der Waals surface area contributed by atoms with Gasteiger partial charge in [0.2, 0.25) is 0 Å². The van der Waals surface area contributed by atoms with Crippen molar-refractivity contribution in [2.75, 3.05) is 0 Å². The maximum absolute atomic E-state index is 12.6. The molecule has 1 heterocycles. The van der Waals surface area contributed by atoms with Crippen LogP contribution in [0.3, 0.4) is 0 Å². The Bertz CT molecular complexity index is 940. The van der Waals surface area contributed by atoms with Crippen LogP contribution in [-0.4, -0.2) is 9.78 Å². The number of H-pyrrole nitrogens is 1. The van der Waals surface area contributed by atoms with Crippen molar-refractivity contribution < 1.29 is 0 Å². The van der Waals surface area contributed by atoms with Gasteiger partial charge in [-0.25, -0.2) is 4.68 Å². The number of halogens is 1. The maximum Gasteiger partial charge on any atom is 0.299 e. The van der Waals surface area contributed by atoms with Crippen LogP contribution in [0, 0.1) is 13.8 Å². The second kappa shape index (κ2) is 6.22. The minimum atomic E-state index is -0.284. The number of hydrogen-bond acceptors (Lipinski definition) is 3. The quantitative estimate of drug-likeness (QED) is 0.687. The molecule has 116 valence electrons. The van der Waals surface area contributed by atoms with Crippen molar-refractivity contribution in [2.24, 2.45) is 10.2 Å². The van der Waals surface area contributed by atoms with E-state index in [-0.39, 0.29) is 11.2 Å². The van der Waals surface area contributed by atoms with Gasteiger partial charge in [-0.15, -0.1) is 5.11 Å². The molecular formula is C17H15ClN4O. The Labute approximate surface area is 138 Å². The number of aromatic amines is 1. The van der Waals surface area contributed by atoms with Crippen LogP contribution in [0.15, 0.2) is 63.6 Å². The van der Waals surface area contributed by atoms with Crippen LogP contribution in [0.25, 0.3) is 5.69 Å². The highest BCUT2D eigenvalue weighted by atomic mass is 35.5. The molecule has 23 heavy (non-hydrogen) atoms. The van der Waals surface area contributed by atoms with Crippen molar-refractivity contribution in [1.29, 1.82) is 0 Å². The van der Waals surface area contributed by atoms with Crippen molar-refractivity contribution in [3.05, 3.63) is 75.2 Å². The number of hydrogen-bond donors (Lipinski definition) is 1. The molecule has 0 radical (unpaired) electrons. The highest BCUT2D eigenvalue weighted by molar-refractivity contribution is 6.32. The van der Waals surface area contributed by atoms with E-state index in [9.17, 15) is 4.79 Å². The molecule has 0 fully saturated rings. The van der Waals surface area contributed by atoms with Crippen molar-refractivity contribution in [3.63, 3.8) is 0 Å². The number of benzene rings is 2. The van der Waals surface area contributed by atoms with Crippen LogP contribution < -0.4 is 5.56 Å². The third kappa shape index (κ3) is 2.96. The molecule has 5 nitrogen and oxygen atoms in total. The summed E-state index contributed by atoms with van der Waals surface area (Å²) in [5.41, 5.74) is 2.93. The third-order valence-electron chi connectivity index (χ3n) is 3.51. The number of aromatic nitrogens is 2. The highest BCUT2D eigenvalue weighted by Crippen LogP contribution is 2.23. The lowest BCUT2D eigenvalue weighted by Gasteiger charge is -2.02. The Morgan fingerprint density at radius 2 is 1.70 bits per heavy atom. The zero-order valence-corrected chi connectivity index (χ0v) is 13.5. The predicted molar refractivity (Wildman–Crippen MR) is 91.5 cm³/mol. The third-order valence-corrected chi connectivity index (χ3v) is 3.83. The first kappa shape index (κ1) is 15.2. The van der Waals surface area contributed by atoms with E-state index in [0.717, 1.165) is 11.3 Å². The molecule has 2 aromatic carbocycles. The molecule has 1 aromatic heterocycles. The van der Waals surface area contributed by atoms with Crippen LogP contribution in [0.4, 0.5) is 11.4 Å². The first-order valence-corrected chi connectivity index (χ1v) is 7.49. The van der Waals surface area contributed by atoms with Crippen molar-refractivity contribution in [3.8, 4) is 5.69 Å². The molecule has 0 unspecified atom stereocenters. The molecule has 3 rings (SSSR count). The zero-order chi connectivity index (χ0) is 16.4. The summed E-state index contributed by atoms with van der Waals surface area (Å²) in [6.45, 7) is 3.72. The smallest absolute Gasteiger partial charge is 0.293 e. The molecule has 0 aliphatic rings. The minimum absolute atomic E-state index is 0.271. The van der Waals surface area contributed by atoms with E-state index in [1.807, 2.05) is 43.3 Å². The van der Waals surface area contributed by atoms with Gasteiger partial charge in [0, 0.05) is 0 Å². The number of azo groups is 1. The van der Waals surface area contributed by atoms with E-state index >= 15 is 0 Å². The van der Waals surface area contributed by atoms with Crippen LogP contribution >= 0.6 is 11.6 Å². The molecule has 0 saturated heterocycles. The lowest BCUT2D eigenvalue weighted by Crippen LogP contribution is -2.14. The van der Waals surface area contributed by atoms with Crippen molar-refractivity contribution in [1.82, 2.24) is 9.78 Å². The number of nitrogens with zero attached hydrogens (tertiary/aromatic N) is 3. The predicted octanol–water partition coefficient (Wildman–Crippen LogP) is 4.85. The van der Waals surface area contributed by atoms with E-state index in [1.54, 1.807) is 19.1 Å². The standard InChI is InChI=1S/C17H15ClN4O/c1-11-7-3-5-9-14(11)19-20-16-12(2)21-22(17(16)23)15-10-6-4-8-13(15)18/h3-10,21H,1-2H3. The average molecular weight is 327 g/mol. The Balaban J connectivity index is 2.04. The van der Waals surface area contributed by atoms with Gasteiger partial charge < -0.3 is 0 Å². The lowest BCUT2D eigenvalue weighted by molar-refractivity contribution is 0.835. The van der Waals surface area contributed by atoms with Gasteiger partial charge in [0.1, 0.15) is 0 Å². The van der Waals surface area contributed by atoms with E-state index in [4.69, 9.17) is 11.6 Å². The lowest BCUT2D eigenvalue weighted by atomic mass is 10.2. The first-order valence-electron chi connectivity index (χ1n) is 7.12. The molecule has 1 N–H and O–H groups in total. The minimum Gasteiger partial charge on any atom is -0.293 e. The molecule has 0 atom stereocenters. The second-order valence-corrected chi connectivity index (χ2v) is 5.57. The van der Waals surface area contributed by atoms with E-state index in [2.05, 4.69) is 15.3 Å². The van der Waals surface area contributed by atoms with Crippen LogP contribution in [0.1, 0.15) is 11.3 Å². The Morgan fingerprint density at radius 3 is 2.43 bits per heavy atom. The largest absolute Gasteiger partial charge is 0.299 e. The van der Waals surface area contributed by atoms with E-state index in [0.29, 0.717) is 16.4 Å². The summed E-state index contributed by atoms with van der Waals surface area (Å²) in [5, 5.41) is 11.8. The number of nitrogens with one attached hydrogen (secondary N) is 1. The fraction of sp³-hybridized carbons (Fsp3) is 0.118. The Morgan fingerprint density at radius 1 is 1.00 bits per heavy atom. The van der Waals surface area contributed by atoms with Crippen molar-refractivity contribution in [2.45, 2.75) is 13.8 Å². The second-order valence-electron chi connectivity index (χ2n) is 5.16. The molecule has 6 heteroatoms. The van der Waals surface area contributed by atoms with Crippen molar-refractivity contribution >= 4 is 23.0 Å². The van der Waals surface area contributed by atoms with Gasteiger partial charge in [-0.05, 0) is 37.6 Å². The molecule has 0 bridgehead atoms. The van der Waals surface area contributed by atoms with Gasteiger partial charge in [-0.1, -0.05) is 41.9 Å². The summed E-state index contributed by atoms with van der Waals surface area (Å²) in [7, 11) is 0. The molecule has 0 aliphatic carbocycles. The zero-order valence-electron chi connectivity index (χ0n) is 12.7. The van der Waals surface area contributed by atoms with Gasteiger partial charge in [0.15, 0.2) is 5.69 Å². The summed E-state index contributed by atoms with van der Waals surface area (Å²) in [4.78, 5) is 12.6. The summed E-state index contributed by atoms with van der Waals surface area (Å²) in [6, 6.07) is 14.7. The average Bonchev–Trinajstić information content (AvgIpc) is 2.82. The Hall–Kier alpha value is -2.66. The van der Waals surface area contributed by atoms with E-state index < -0.39 is 0 Å². The van der Waals surface area contributed by atoms with Gasteiger partial charge >= 0.3 is 0 Å². The van der Waals surface area contributed by atoms with E-state index in [1.165, 1.54) is 4.68 Å².